The monoisotopic (exact) mass is 477 g/mol. The molecule has 0 aliphatic carbocycles. The molecule has 178 valence electrons. The van der Waals surface area contributed by atoms with Crippen LogP contribution in [-0.4, -0.2) is 49.5 Å². The summed E-state index contributed by atoms with van der Waals surface area (Å²) in [6.45, 7) is 2.50. The quantitative estimate of drug-likeness (QED) is 0.462. The summed E-state index contributed by atoms with van der Waals surface area (Å²) in [4.78, 5) is 29.1. The minimum absolute atomic E-state index is 0.0720. The van der Waals surface area contributed by atoms with Crippen LogP contribution in [0, 0.1) is 0 Å². The van der Waals surface area contributed by atoms with Crippen molar-refractivity contribution in [2.75, 3.05) is 26.7 Å². The van der Waals surface area contributed by atoms with E-state index in [4.69, 9.17) is 4.74 Å². The molecular formula is C27H31N3O3S. The smallest absolute Gasteiger partial charge is 0.262 e. The molecule has 2 aromatic carbocycles. The molecule has 0 radical (unpaired) electrons. The van der Waals surface area contributed by atoms with Gasteiger partial charge >= 0.3 is 0 Å². The lowest BCUT2D eigenvalue weighted by Crippen LogP contribution is -2.49. The van der Waals surface area contributed by atoms with Crippen molar-refractivity contribution in [3.05, 3.63) is 88.1 Å². The Balaban J connectivity index is 1.48. The number of benzene rings is 2. The minimum Gasteiger partial charge on any atom is -0.497 e. The van der Waals surface area contributed by atoms with Crippen LogP contribution in [0.2, 0.25) is 0 Å². The molecule has 2 atom stereocenters. The average Bonchev–Trinajstić information content (AvgIpc) is 3.60. The van der Waals surface area contributed by atoms with E-state index in [9.17, 15) is 9.59 Å². The molecule has 0 bridgehead atoms. The number of nitrogens with zero attached hydrogens (tertiary/aromatic N) is 1. The van der Waals surface area contributed by atoms with Gasteiger partial charge in [-0.1, -0.05) is 48.5 Å². The lowest BCUT2D eigenvalue weighted by molar-refractivity contribution is -0.123. The van der Waals surface area contributed by atoms with Gasteiger partial charge < -0.3 is 15.4 Å². The topological polar surface area (TPSA) is 70.7 Å². The molecule has 34 heavy (non-hydrogen) atoms. The Bertz CT molecular complexity index is 1050. The molecule has 1 aliphatic heterocycles. The van der Waals surface area contributed by atoms with Crippen molar-refractivity contribution in [3.63, 3.8) is 0 Å². The second-order valence-corrected chi connectivity index (χ2v) is 9.42. The molecule has 4 rings (SSSR count). The SMILES string of the molecule is COc1ccc(C(CNC(=O)[C@H](Cc2ccccc2)NC(=O)c2cccs2)N2CCCC2)cc1. The molecule has 6 nitrogen and oxygen atoms in total. The van der Waals surface area contributed by atoms with E-state index in [1.54, 1.807) is 13.2 Å². The number of amides is 2. The van der Waals surface area contributed by atoms with Crippen molar-refractivity contribution in [1.82, 2.24) is 15.5 Å². The third-order valence-corrected chi connectivity index (χ3v) is 7.07. The second-order valence-electron chi connectivity index (χ2n) is 8.47. The number of methoxy groups -OCH3 is 1. The summed E-state index contributed by atoms with van der Waals surface area (Å²) in [5.74, 6) is 0.413. The zero-order chi connectivity index (χ0) is 23.8. The van der Waals surface area contributed by atoms with E-state index in [0.717, 1.165) is 42.8 Å². The molecule has 2 heterocycles. The van der Waals surface area contributed by atoms with Crippen LogP contribution >= 0.6 is 11.3 Å². The standard InChI is InChI=1S/C27H31N3O3S/c1-33-22-13-11-21(12-14-22)24(30-15-5-6-16-30)19-28-26(31)23(18-20-8-3-2-4-9-20)29-27(32)25-10-7-17-34-25/h2-4,7-14,17,23-24H,5-6,15-16,18-19H2,1H3,(H,28,31)(H,29,32)/t23-,24?/m0/s1. The van der Waals surface area contributed by atoms with Gasteiger partial charge in [-0.2, -0.15) is 0 Å². The molecule has 3 aromatic rings. The highest BCUT2D eigenvalue weighted by Crippen LogP contribution is 2.26. The van der Waals surface area contributed by atoms with Gasteiger partial charge in [-0.15, -0.1) is 11.3 Å². The Morgan fingerprint density at radius 2 is 1.74 bits per heavy atom. The van der Waals surface area contributed by atoms with Crippen LogP contribution in [-0.2, 0) is 11.2 Å². The highest BCUT2D eigenvalue weighted by Gasteiger charge is 2.27. The maximum atomic E-state index is 13.3. The maximum absolute atomic E-state index is 13.3. The van der Waals surface area contributed by atoms with E-state index in [1.165, 1.54) is 11.3 Å². The van der Waals surface area contributed by atoms with Crippen molar-refractivity contribution in [2.45, 2.75) is 31.3 Å². The normalized spacial score (nSPS) is 15.4. The van der Waals surface area contributed by atoms with Gasteiger partial charge in [-0.05, 0) is 60.6 Å². The number of carbonyl (C=O) groups is 2. The number of thiophene rings is 1. The summed E-state index contributed by atoms with van der Waals surface area (Å²) in [6.07, 6.45) is 2.75. The molecule has 1 saturated heterocycles. The van der Waals surface area contributed by atoms with Gasteiger partial charge in [-0.25, -0.2) is 0 Å². The number of rotatable bonds is 10. The van der Waals surface area contributed by atoms with Crippen LogP contribution < -0.4 is 15.4 Å². The lowest BCUT2D eigenvalue weighted by atomic mass is 10.0. The van der Waals surface area contributed by atoms with E-state index >= 15 is 0 Å². The van der Waals surface area contributed by atoms with Crippen molar-refractivity contribution in [1.29, 1.82) is 0 Å². The minimum atomic E-state index is -0.660. The molecular weight excluding hydrogens is 446 g/mol. The first-order chi connectivity index (χ1) is 16.6. The fourth-order valence-corrected chi connectivity index (χ4v) is 4.98. The fraction of sp³-hybridized carbons (Fsp3) is 0.333. The van der Waals surface area contributed by atoms with Crippen LogP contribution in [0.3, 0.4) is 0 Å². The van der Waals surface area contributed by atoms with E-state index in [1.807, 2.05) is 53.9 Å². The molecule has 1 aliphatic rings. The zero-order valence-electron chi connectivity index (χ0n) is 19.4. The summed E-state index contributed by atoms with van der Waals surface area (Å²) >= 11 is 1.37. The Morgan fingerprint density at radius 1 is 1.00 bits per heavy atom. The van der Waals surface area contributed by atoms with Crippen LogP contribution in [0.4, 0.5) is 0 Å². The number of hydrogen-bond acceptors (Lipinski definition) is 5. The van der Waals surface area contributed by atoms with Crippen LogP contribution in [0.25, 0.3) is 0 Å². The molecule has 1 aromatic heterocycles. The number of nitrogens with one attached hydrogen (secondary N) is 2. The van der Waals surface area contributed by atoms with Crippen molar-refractivity contribution >= 4 is 23.2 Å². The molecule has 2 amide bonds. The first-order valence-corrected chi connectivity index (χ1v) is 12.6. The van der Waals surface area contributed by atoms with Gasteiger partial charge in [0, 0.05) is 13.0 Å². The maximum Gasteiger partial charge on any atom is 0.262 e. The van der Waals surface area contributed by atoms with Crippen molar-refractivity contribution in [2.24, 2.45) is 0 Å². The van der Waals surface area contributed by atoms with Gasteiger partial charge in [0.25, 0.3) is 5.91 Å². The summed E-state index contributed by atoms with van der Waals surface area (Å²) in [6, 6.07) is 20.8. The molecule has 2 N–H and O–H groups in total. The van der Waals surface area contributed by atoms with E-state index in [0.29, 0.717) is 17.8 Å². The lowest BCUT2D eigenvalue weighted by Gasteiger charge is -2.29. The highest BCUT2D eigenvalue weighted by molar-refractivity contribution is 7.12. The van der Waals surface area contributed by atoms with Gasteiger partial charge in [0.2, 0.25) is 5.91 Å². The molecule has 0 saturated carbocycles. The van der Waals surface area contributed by atoms with Gasteiger partial charge in [-0.3, -0.25) is 14.5 Å². The molecule has 0 spiro atoms. The first-order valence-electron chi connectivity index (χ1n) is 11.7. The first kappa shape index (κ1) is 24.0. The van der Waals surface area contributed by atoms with Crippen LogP contribution in [0.15, 0.2) is 72.1 Å². The predicted molar refractivity (Wildman–Crippen MR) is 135 cm³/mol. The van der Waals surface area contributed by atoms with Gasteiger partial charge in [0.15, 0.2) is 0 Å². The third kappa shape index (κ3) is 6.24. The summed E-state index contributed by atoms with van der Waals surface area (Å²) in [5, 5.41) is 7.94. The second kappa shape index (κ2) is 11.8. The molecule has 1 unspecified atom stereocenters. The van der Waals surface area contributed by atoms with E-state index in [2.05, 4.69) is 27.7 Å². The highest BCUT2D eigenvalue weighted by atomic mass is 32.1. The summed E-state index contributed by atoms with van der Waals surface area (Å²) in [5.41, 5.74) is 2.14. The largest absolute Gasteiger partial charge is 0.497 e. The zero-order valence-corrected chi connectivity index (χ0v) is 20.2. The summed E-state index contributed by atoms with van der Waals surface area (Å²) in [7, 11) is 1.66. The van der Waals surface area contributed by atoms with Crippen molar-refractivity contribution < 1.29 is 14.3 Å². The fourth-order valence-electron chi connectivity index (χ4n) is 4.35. The third-order valence-electron chi connectivity index (χ3n) is 6.20. The Morgan fingerprint density at radius 3 is 2.38 bits per heavy atom. The van der Waals surface area contributed by atoms with Gasteiger partial charge in [0.05, 0.1) is 18.0 Å². The van der Waals surface area contributed by atoms with Crippen LogP contribution in [0.1, 0.15) is 39.7 Å². The Hall–Kier alpha value is -3.16. The number of hydrogen-bond donors (Lipinski definition) is 2. The Kier molecular flexibility index (Phi) is 8.33. The molecule has 7 heteroatoms. The van der Waals surface area contributed by atoms with Crippen molar-refractivity contribution in [3.8, 4) is 5.75 Å². The van der Waals surface area contributed by atoms with E-state index < -0.39 is 6.04 Å². The van der Waals surface area contributed by atoms with E-state index in [-0.39, 0.29) is 17.9 Å². The Labute approximate surface area is 204 Å². The average molecular weight is 478 g/mol. The summed E-state index contributed by atoms with van der Waals surface area (Å²) < 4.78 is 5.31. The molecule has 1 fully saturated rings. The van der Waals surface area contributed by atoms with Gasteiger partial charge in [0.1, 0.15) is 11.8 Å². The number of likely N-dealkylation sites (tertiary alicyclic amines) is 1. The number of carbonyl (C=O) groups excluding carboxylic acids is 2. The number of ether oxygens (including phenoxy) is 1. The predicted octanol–water partition coefficient (Wildman–Crippen LogP) is 4.05. The van der Waals surface area contributed by atoms with Crippen LogP contribution in [0.5, 0.6) is 5.75 Å².